The van der Waals surface area contributed by atoms with Crippen LogP contribution < -0.4 is 0 Å². The third-order valence-electron chi connectivity index (χ3n) is 4.59. The van der Waals surface area contributed by atoms with Gasteiger partial charge in [0.1, 0.15) is 6.61 Å². The number of aliphatic hydroxyl groups is 1. The lowest BCUT2D eigenvalue weighted by atomic mass is 9.91. The Labute approximate surface area is 138 Å². The van der Waals surface area contributed by atoms with Crippen LogP contribution >= 0.6 is 0 Å². The highest BCUT2D eigenvalue weighted by Crippen LogP contribution is 2.21. The van der Waals surface area contributed by atoms with Crippen molar-refractivity contribution < 1.29 is 9.90 Å². The molecule has 0 spiro atoms. The van der Waals surface area contributed by atoms with Crippen molar-refractivity contribution in [1.82, 2.24) is 0 Å². The van der Waals surface area contributed by atoms with Crippen molar-refractivity contribution in [2.45, 2.75) is 85.5 Å². The standard InChI is InChI=1S/C20H38O2/c1-16(2)9-6-10-17(3)11-7-12-18(4)13-8-14-19(5)20(22)15-21/h16-18,21H,5-15H2,1-4H3. The van der Waals surface area contributed by atoms with Crippen LogP contribution in [0.3, 0.4) is 0 Å². The lowest BCUT2D eigenvalue weighted by Crippen LogP contribution is -2.07. The quantitative estimate of drug-likeness (QED) is 0.427. The van der Waals surface area contributed by atoms with E-state index in [4.69, 9.17) is 5.11 Å². The zero-order chi connectivity index (χ0) is 17.0. The van der Waals surface area contributed by atoms with E-state index in [2.05, 4.69) is 34.3 Å². The molecule has 0 aliphatic carbocycles. The molecule has 0 saturated carbocycles. The molecule has 0 saturated heterocycles. The minimum Gasteiger partial charge on any atom is -0.388 e. The molecule has 0 heterocycles. The summed E-state index contributed by atoms with van der Waals surface area (Å²) >= 11 is 0. The van der Waals surface area contributed by atoms with E-state index < -0.39 is 6.61 Å². The number of rotatable bonds is 14. The Kier molecular flexibility index (Phi) is 12.5. The number of aliphatic hydroxyl groups excluding tert-OH is 1. The molecule has 2 nitrogen and oxygen atoms in total. The van der Waals surface area contributed by atoms with Crippen LogP contribution in [-0.2, 0) is 4.79 Å². The van der Waals surface area contributed by atoms with E-state index in [1.807, 2.05) is 0 Å². The Morgan fingerprint density at radius 2 is 1.32 bits per heavy atom. The zero-order valence-electron chi connectivity index (χ0n) is 15.4. The van der Waals surface area contributed by atoms with Crippen LogP contribution in [0.15, 0.2) is 12.2 Å². The van der Waals surface area contributed by atoms with Gasteiger partial charge in [-0.25, -0.2) is 0 Å². The normalized spacial score (nSPS) is 14.1. The molecule has 0 aliphatic rings. The molecule has 0 amide bonds. The van der Waals surface area contributed by atoms with Gasteiger partial charge >= 0.3 is 0 Å². The van der Waals surface area contributed by atoms with Crippen LogP contribution in [0, 0.1) is 17.8 Å². The molecular formula is C20H38O2. The molecule has 2 atom stereocenters. The first-order chi connectivity index (χ1) is 10.4. The van der Waals surface area contributed by atoms with Gasteiger partial charge in [0.25, 0.3) is 0 Å². The van der Waals surface area contributed by atoms with Gasteiger partial charge in [0, 0.05) is 0 Å². The number of Topliss-reactive ketones (excluding diaryl/α,β-unsaturated/α-hetero) is 1. The maximum atomic E-state index is 11.2. The van der Waals surface area contributed by atoms with Crippen LogP contribution in [0.25, 0.3) is 0 Å². The summed E-state index contributed by atoms with van der Waals surface area (Å²) in [5.41, 5.74) is 0.577. The Morgan fingerprint density at radius 1 is 0.864 bits per heavy atom. The highest BCUT2D eigenvalue weighted by molar-refractivity contribution is 5.95. The van der Waals surface area contributed by atoms with Crippen LogP contribution in [0.1, 0.15) is 85.5 Å². The Balaban J connectivity index is 3.58. The van der Waals surface area contributed by atoms with Gasteiger partial charge in [0.2, 0.25) is 0 Å². The first-order valence-corrected chi connectivity index (χ1v) is 9.18. The summed E-state index contributed by atoms with van der Waals surface area (Å²) in [5, 5.41) is 8.76. The second kappa shape index (κ2) is 12.9. The largest absolute Gasteiger partial charge is 0.388 e. The summed E-state index contributed by atoms with van der Waals surface area (Å²) in [6, 6.07) is 0. The van der Waals surface area contributed by atoms with E-state index in [9.17, 15) is 4.79 Å². The minimum absolute atomic E-state index is 0.206. The Morgan fingerprint density at radius 3 is 1.77 bits per heavy atom. The van der Waals surface area contributed by atoms with Crippen molar-refractivity contribution in [2.75, 3.05) is 6.61 Å². The molecule has 0 aromatic carbocycles. The van der Waals surface area contributed by atoms with Crippen LogP contribution in [0.2, 0.25) is 0 Å². The fourth-order valence-electron chi connectivity index (χ4n) is 2.89. The summed E-state index contributed by atoms with van der Waals surface area (Å²) in [4.78, 5) is 11.2. The lowest BCUT2D eigenvalue weighted by molar-refractivity contribution is -0.118. The number of hydrogen-bond acceptors (Lipinski definition) is 2. The van der Waals surface area contributed by atoms with E-state index in [0.29, 0.717) is 5.57 Å². The van der Waals surface area contributed by atoms with Gasteiger partial charge in [0.05, 0.1) is 0 Å². The first kappa shape index (κ1) is 21.4. The van der Waals surface area contributed by atoms with Gasteiger partial charge in [-0.15, -0.1) is 0 Å². The molecule has 0 aromatic heterocycles. The average Bonchev–Trinajstić information content (AvgIpc) is 2.45. The van der Waals surface area contributed by atoms with Gasteiger partial charge in [-0.2, -0.15) is 0 Å². The predicted octanol–water partition coefficient (Wildman–Crippen LogP) is 5.54. The van der Waals surface area contributed by atoms with Gasteiger partial charge < -0.3 is 5.11 Å². The molecule has 1 N–H and O–H groups in total. The van der Waals surface area contributed by atoms with E-state index in [0.717, 1.165) is 37.0 Å². The Hall–Kier alpha value is -0.630. The van der Waals surface area contributed by atoms with E-state index in [-0.39, 0.29) is 5.78 Å². The van der Waals surface area contributed by atoms with Gasteiger partial charge in [-0.3, -0.25) is 4.79 Å². The molecule has 0 radical (unpaired) electrons. The van der Waals surface area contributed by atoms with E-state index in [1.165, 1.54) is 38.5 Å². The lowest BCUT2D eigenvalue weighted by Gasteiger charge is -2.15. The summed E-state index contributed by atoms with van der Waals surface area (Å²) in [5.74, 6) is 2.20. The number of carbonyl (C=O) groups is 1. The van der Waals surface area contributed by atoms with Crippen molar-refractivity contribution in [1.29, 1.82) is 0 Å². The van der Waals surface area contributed by atoms with Crippen molar-refractivity contribution in [3.8, 4) is 0 Å². The summed E-state index contributed by atoms with van der Waals surface area (Å²) < 4.78 is 0. The molecule has 0 bridgehead atoms. The van der Waals surface area contributed by atoms with Gasteiger partial charge in [-0.1, -0.05) is 79.2 Å². The van der Waals surface area contributed by atoms with Crippen molar-refractivity contribution >= 4 is 5.78 Å². The third-order valence-corrected chi connectivity index (χ3v) is 4.59. The minimum atomic E-state index is -0.400. The molecule has 2 heteroatoms. The van der Waals surface area contributed by atoms with Crippen LogP contribution in [-0.4, -0.2) is 17.5 Å². The molecule has 0 aliphatic heterocycles. The fraction of sp³-hybridized carbons (Fsp3) is 0.850. The number of hydrogen-bond donors (Lipinski definition) is 1. The average molecular weight is 311 g/mol. The topological polar surface area (TPSA) is 37.3 Å². The molecule has 0 aromatic rings. The molecule has 0 rings (SSSR count). The van der Waals surface area contributed by atoms with E-state index in [1.54, 1.807) is 0 Å². The molecule has 22 heavy (non-hydrogen) atoms. The van der Waals surface area contributed by atoms with Crippen molar-refractivity contribution in [3.63, 3.8) is 0 Å². The molecule has 130 valence electrons. The second-order valence-corrected chi connectivity index (χ2v) is 7.54. The third kappa shape index (κ3) is 12.0. The predicted molar refractivity (Wildman–Crippen MR) is 96.0 cm³/mol. The number of ketones is 1. The summed E-state index contributed by atoms with van der Waals surface area (Å²) in [6.07, 6.45) is 10.9. The monoisotopic (exact) mass is 310 g/mol. The highest BCUT2D eigenvalue weighted by Gasteiger charge is 2.08. The molecule has 0 fully saturated rings. The highest BCUT2D eigenvalue weighted by atomic mass is 16.3. The van der Waals surface area contributed by atoms with Gasteiger partial charge in [0.15, 0.2) is 5.78 Å². The Bertz CT molecular complexity index is 307. The smallest absolute Gasteiger partial charge is 0.183 e. The fourth-order valence-corrected chi connectivity index (χ4v) is 2.89. The van der Waals surface area contributed by atoms with Crippen LogP contribution in [0.4, 0.5) is 0 Å². The zero-order valence-corrected chi connectivity index (χ0v) is 15.4. The first-order valence-electron chi connectivity index (χ1n) is 9.18. The molecular weight excluding hydrogens is 272 g/mol. The molecule has 2 unspecified atom stereocenters. The SMILES string of the molecule is C=C(CCCC(C)CCCC(C)CCCC(C)C)C(=O)CO. The maximum absolute atomic E-state index is 11.2. The second-order valence-electron chi connectivity index (χ2n) is 7.54. The number of carbonyl (C=O) groups excluding carboxylic acids is 1. The summed E-state index contributed by atoms with van der Waals surface area (Å²) in [7, 11) is 0. The van der Waals surface area contributed by atoms with Gasteiger partial charge in [-0.05, 0) is 36.2 Å². The maximum Gasteiger partial charge on any atom is 0.183 e. The van der Waals surface area contributed by atoms with Crippen LogP contribution in [0.5, 0.6) is 0 Å². The van der Waals surface area contributed by atoms with Crippen molar-refractivity contribution in [3.05, 3.63) is 12.2 Å². The van der Waals surface area contributed by atoms with E-state index >= 15 is 0 Å². The van der Waals surface area contributed by atoms with Crippen molar-refractivity contribution in [2.24, 2.45) is 17.8 Å². The summed E-state index contributed by atoms with van der Waals surface area (Å²) in [6.45, 7) is 12.6.